The molecule has 1 heterocycles. The second-order valence-corrected chi connectivity index (χ2v) is 3.71. The highest BCUT2D eigenvalue weighted by molar-refractivity contribution is 9.09. The van der Waals surface area contributed by atoms with Crippen LogP contribution in [0.2, 0.25) is 0 Å². The van der Waals surface area contributed by atoms with E-state index in [0.717, 1.165) is 5.33 Å². The summed E-state index contributed by atoms with van der Waals surface area (Å²) in [6.45, 7) is 2.96. The molecule has 1 fully saturated rings. The molecule has 1 saturated heterocycles. The summed E-state index contributed by atoms with van der Waals surface area (Å²) in [5.41, 5.74) is 5.46. The van der Waals surface area contributed by atoms with E-state index in [1.165, 1.54) is 5.06 Å². The summed E-state index contributed by atoms with van der Waals surface area (Å²) in [4.78, 5) is 16.3. The standard InChI is InChI=1S/C7H13BrN2O2/c1-5(2-8)3-10-7(11)6(9)4-12-10/h5-6H,2-4,9H2,1H3. The SMILES string of the molecule is CC(CBr)CN1OCC(N)C1=O. The van der Waals surface area contributed by atoms with E-state index in [2.05, 4.69) is 15.9 Å². The Morgan fingerprint density at radius 2 is 2.58 bits per heavy atom. The van der Waals surface area contributed by atoms with Gasteiger partial charge < -0.3 is 5.73 Å². The Morgan fingerprint density at radius 3 is 3.00 bits per heavy atom. The molecule has 0 radical (unpaired) electrons. The van der Waals surface area contributed by atoms with Gasteiger partial charge in [-0.25, -0.2) is 5.06 Å². The predicted octanol–water partition coefficient (Wildman–Crippen LogP) is 0.118. The Morgan fingerprint density at radius 1 is 1.92 bits per heavy atom. The summed E-state index contributed by atoms with van der Waals surface area (Å²) in [5.74, 6) is 0.280. The van der Waals surface area contributed by atoms with Crippen molar-refractivity contribution in [1.29, 1.82) is 0 Å². The molecule has 0 aliphatic carbocycles. The number of hydrogen-bond acceptors (Lipinski definition) is 3. The second kappa shape index (κ2) is 4.20. The lowest BCUT2D eigenvalue weighted by Gasteiger charge is -2.17. The number of hydrogen-bond donors (Lipinski definition) is 1. The highest BCUT2D eigenvalue weighted by Gasteiger charge is 2.30. The van der Waals surface area contributed by atoms with Crippen LogP contribution in [0.5, 0.6) is 0 Å². The van der Waals surface area contributed by atoms with Crippen molar-refractivity contribution >= 4 is 21.8 Å². The normalized spacial score (nSPS) is 26.4. The van der Waals surface area contributed by atoms with E-state index in [1.54, 1.807) is 0 Å². The first-order chi connectivity index (χ1) is 5.65. The van der Waals surface area contributed by atoms with Gasteiger partial charge in [-0.15, -0.1) is 0 Å². The average Bonchev–Trinajstić information content (AvgIpc) is 2.36. The molecule has 4 nitrogen and oxygen atoms in total. The molecule has 1 aliphatic rings. The molecule has 2 atom stereocenters. The van der Waals surface area contributed by atoms with Gasteiger partial charge in [-0.05, 0) is 5.92 Å². The van der Waals surface area contributed by atoms with E-state index in [9.17, 15) is 4.79 Å². The highest BCUT2D eigenvalue weighted by Crippen LogP contribution is 2.10. The third-order valence-electron chi connectivity index (χ3n) is 1.71. The number of alkyl halides is 1. The van der Waals surface area contributed by atoms with Gasteiger partial charge in [-0.1, -0.05) is 22.9 Å². The summed E-state index contributed by atoms with van der Waals surface area (Å²) in [6.07, 6.45) is 0. The first-order valence-electron chi connectivity index (χ1n) is 3.91. The molecule has 2 unspecified atom stereocenters. The average molecular weight is 237 g/mol. The van der Waals surface area contributed by atoms with E-state index in [0.29, 0.717) is 19.1 Å². The Hall–Kier alpha value is -0.130. The minimum Gasteiger partial charge on any atom is -0.318 e. The van der Waals surface area contributed by atoms with Crippen LogP contribution in [0.1, 0.15) is 6.92 Å². The Balaban J connectivity index is 2.39. The molecule has 5 heteroatoms. The van der Waals surface area contributed by atoms with E-state index >= 15 is 0 Å². The number of nitrogens with two attached hydrogens (primary N) is 1. The maximum Gasteiger partial charge on any atom is 0.265 e. The summed E-state index contributed by atoms with van der Waals surface area (Å²) in [6, 6.07) is -0.465. The zero-order chi connectivity index (χ0) is 9.14. The fraction of sp³-hybridized carbons (Fsp3) is 0.857. The smallest absolute Gasteiger partial charge is 0.265 e. The molecule has 0 aromatic carbocycles. The van der Waals surface area contributed by atoms with Gasteiger partial charge in [0.15, 0.2) is 0 Å². The van der Waals surface area contributed by atoms with Crippen LogP contribution < -0.4 is 5.73 Å². The first kappa shape index (κ1) is 9.95. The number of nitrogens with zero attached hydrogens (tertiary/aromatic N) is 1. The minimum atomic E-state index is -0.465. The summed E-state index contributed by atoms with van der Waals surface area (Å²) >= 11 is 3.33. The van der Waals surface area contributed by atoms with Crippen LogP contribution in [0.4, 0.5) is 0 Å². The van der Waals surface area contributed by atoms with Crippen LogP contribution in [-0.2, 0) is 9.63 Å². The molecule has 0 saturated carbocycles. The molecule has 0 spiro atoms. The summed E-state index contributed by atoms with van der Waals surface area (Å²) in [5, 5.41) is 2.21. The van der Waals surface area contributed by atoms with Crippen molar-refractivity contribution in [3.05, 3.63) is 0 Å². The molecule has 12 heavy (non-hydrogen) atoms. The number of hydroxylamine groups is 2. The van der Waals surface area contributed by atoms with Crippen molar-refractivity contribution < 1.29 is 9.63 Å². The maximum atomic E-state index is 11.2. The van der Waals surface area contributed by atoms with Gasteiger partial charge in [0.05, 0.1) is 13.2 Å². The lowest BCUT2D eigenvalue weighted by Crippen LogP contribution is -2.36. The van der Waals surface area contributed by atoms with Crippen molar-refractivity contribution in [3.63, 3.8) is 0 Å². The number of carbonyl (C=O) groups excluding carboxylic acids is 1. The molecule has 0 aromatic rings. The summed E-state index contributed by atoms with van der Waals surface area (Å²) < 4.78 is 0. The molecule has 70 valence electrons. The molecular formula is C7H13BrN2O2. The third kappa shape index (κ3) is 2.18. The van der Waals surface area contributed by atoms with Crippen molar-refractivity contribution in [1.82, 2.24) is 5.06 Å². The van der Waals surface area contributed by atoms with Crippen LogP contribution >= 0.6 is 15.9 Å². The van der Waals surface area contributed by atoms with Gasteiger partial charge in [0.1, 0.15) is 6.04 Å². The molecule has 2 N–H and O–H groups in total. The Kier molecular flexibility index (Phi) is 3.49. The lowest BCUT2D eigenvalue weighted by atomic mass is 10.2. The van der Waals surface area contributed by atoms with Gasteiger partial charge in [0.2, 0.25) is 0 Å². The zero-order valence-corrected chi connectivity index (χ0v) is 8.58. The Labute approximate surface area is 80.1 Å². The number of amides is 1. The van der Waals surface area contributed by atoms with Crippen LogP contribution in [0.15, 0.2) is 0 Å². The van der Waals surface area contributed by atoms with Gasteiger partial charge in [-0.2, -0.15) is 0 Å². The molecule has 0 bridgehead atoms. The van der Waals surface area contributed by atoms with Crippen molar-refractivity contribution in [2.45, 2.75) is 13.0 Å². The van der Waals surface area contributed by atoms with Crippen molar-refractivity contribution in [2.75, 3.05) is 18.5 Å². The highest BCUT2D eigenvalue weighted by atomic mass is 79.9. The van der Waals surface area contributed by atoms with E-state index in [-0.39, 0.29) is 5.91 Å². The second-order valence-electron chi connectivity index (χ2n) is 3.06. The molecule has 1 aliphatic heterocycles. The quantitative estimate of drug-likeness (QED) is 0.709. The molecule has 1 rings (SSSR count). The Bertz CT molecular complexity index is 177. The first-order valence-corrected chi connectivity index (χ1v) is 5.03. The van der Waals surface area contributed by atoms with Crippen LogP contribution in [-0.4, -0.2) is 35.5 Å². The number of rotatable bonds is 3. The van der Waals surface area contributed by atoms with E-state index < -0.39 is 6.04 Å². The van der Waals surface area contributed by atoms with E-state index in [4.69, 9.17) is 10.6 Å². The summed E-state index contributed by atoms with van der Waals surface area (Å²) in [7, 11) is 0. The molecular weight excluding hydrogens is 224 g/mol. The third-order valence-corrected chi connectivity index (χ3v) is 2.82. The monoisotopic (exact) mass is 236 g/mol. The maximum absolute atomic E-state index is 11.2. The van der Waals surface area contributed by atoms with Gasteiger partial charge in [0, 0.05) is 5.33 Å². The minimum absolute atomic E-state index is 0.109. The zero-order valence-electron chi connectivity index (χ0n) is 7.00. The lowest BCUT2D eigenvalue weighted by molar-refractivity contribution is -0.163. The fourth-order valence-corrected chi connectivity index (χ4v) is 1.17. The molecule has 1 amide bonds. The van der Waals surface area contributed by atoms with Crippen molar-refractivity contribution in [3.8, 4) is 0 Å². The van der Waals surface area contributed by atoms with Crippen molar-refractivity contribution in [2.24, 2.45) is 11.7 Å². The van der Waals surface area contributed by atoms with E-state index in [1.807, 2.05) is 6.92 Å². The van der Waals surface area contributed by atoms with Crippen LogP contribution in [0.3, 0.4) is 0 Å². The largest absolute Gasteiger partial charge is 0.318 e. The van der Waals surface area contributed by atoms with Crippen LogP contribution in [0.25, 0.3) is 0 Å². The fourth-order valence-electron chi connectivity index (χ4n) is 0.965. The topological polar surface area (TPSA) is 55.6 Å². The van der Waals surface area contributed by atoms with Crippen LogP contribution in [0, 0.1) is 5.92 Å². The van der Waals surface area contributed by atoms with Gasteiger partial charge >= 0.3 is 0 Å². The van der Waals surface area contributed by atoms with Gasteiger partial charge in [0.25, 0.3) is 5.91 Å². The number of carbonyl (C=O) groups is 1. The predicted molar refractivity (Wildman–Crippen MR) is 48.6 cm³/mol. The number of halogens is 1. The molecule has 0 aromatic heterocycles. The van der Waals surface area contributed by atoms with Gasteiger partial charge in [-0.3, -0.25) is 9.63 Å².